The van der Waals surface area contributed by atoms with Crippen LogP contribution in [0.1, 0.15) is 51.0 Å². The highest BCUT2D eigenvalue weighted by atomic mass is 32.2. The SMILES string of the molecule is CCC(C)c1ccc(N2CCC3(CCN(S(=O)(=O)N4CCOCC4)CC3)C2=O)cc1. The third kappa shape index (κ3) is 3.90. The fraction of sp³-hybridized carbons (Fsp3) is 0.682. The van der Waals surface area contributed by atoms with Gasteiger partial charge in [0.1, 0.15) is 0 Å². The molecule has 166 valence electrons. The average molecular weight is 436 g/mol. The van der Waals surface area contributed by atoms with Crippen molar-refractivity contribution >= 4 is 21.8 Å². The minimum atomic E-state index is -3.47. The van der Waals surface area contributed by atoms with Gasteiger partial charge in [-0.25, -0.2) is 0 Å². The highest BCUT2D eigenvalue weighted by Crippen LogP contribution is 2.43. The molecular weight excluding hydrogens is 402 g/mol. The summed E-state index contributed by atoms with van der Waals surface area (Å²) in [5.74, 6) is 0.666. The molecule has 3 saturated heterocycles. The maximum Gasteiger partial charge on any atom is 0.282 e. The zero-order valence-corrected chi connectivity index (χ0v) is 18.9. The average Bonchev–Trinajstić information content (AvgIpc) is 3.10. The minimum Gasteiger partial charge on any atom is -0.379 e. The minimum absolute atomic E-state index is 0.155. The van der Waals surface area contributed by atoms with Crippen molar-refractivity contribution in [2.45, 2.75) is 45.4 Å². The highest BCUT2D eigenvalue weighted by molar-refractivity contribution is 7.86. The second-order valence-electron chi connectivity index (χ2n) is 8.81. The summed E-state index contributed by atoms with van der Waals surface area (Å²) >= 11 is 0. The molecule has 0 bridgehead atoms. The van der Waals surface area contributed by atoms with Crippen LogP contribution in [0.2, 0.25) is 0 Å². The van der Waals surface area contributed by atoms with Gasteiger partial charge in [0.25, 0.3) is 10.2 Å². The fourth-order valence-corrected chi connectivity index (χ4v) is 6.42. The van der Waals surface area contributed by atoms with Crippen molar-refractivity contribution in [3.05, 3.63) is 29.8 Å². The Morgan fingerprint density at radius 2 is 1.53 bits per heavy atom. The van der Waals surface area contributed by atoms with E-state index in [-0.39, 0.29) is 5.91 Å². The van der Waals surface area contributed by atoms with Crippen LogP contribution in [0.4, 0.5) is 5.69 Å². The van der Waals surface area contributed by atoms with Crippen molar-refractivity contribution in [1.29, 1.82) is 0 Å². The number of ether oxygens (including phenoxy) is 1. The van der Waals surface area contributed by atoms with Crippen LogP contribution in [-0.2, 0) is 19.7 Å². The third-order valence-corrected chi connectivity index (χ3v) is 9.24. The van der Waals surface area contributed by atoms with Gasteiger partial charge in [0.05, 0.1) is 18.6 Å². The summed E-state index contributed by atoms with van der Waals surface area (Å²) in [4.78, 5) is 15.2. The number of anilines is 1. The summed E-state index contributed by atoms with van der Waals surface area (Å²) in [5.41, 5.74) is 1.82. The largest absolute Gasteiger partial charge is 0.379 e. The molecule has 0 N–H and O–H groups in total. The molecule has 1 unspecified atom stereocenters. The van der Waals surface area contributed by atoms with Gasteiger partial charge in [-0.1, -0.05) is 26.0 Å². The van der Waals surface area contributed by atoms with Gasteiger partial charge >= 0.3 is 0 Å². The zero-order valence-electron chi connectivity index (χ0n) is 18.0. The molecule has 0 aliphatic carbocycles. The molecule has 0 aromatic heterocycles. The Hall–Kier alpha value is -1.48. The van der Waals surface area contributed by atoms with Crippen LogP contribution in [-0.4, -0.2) is 68.9 Å². The molecule has 3 aliphatic rings. The molecule has 8 heteroatoms. The van der Waals surface area contributed by atoms with Crippen LogP contribution in [0.15, 0.2) is 24.3 Å². The number of benzene rings is 1. The molecule has 3 aliphatic heterocycles. The van der Waals surface area contributed by atoms with Crippen molar-refractivity contribution in [2.75, 3.05) is 50.8 Å². The Balaban J connectivity index is 1.42. The summed E-state index contributed by atoms with van der Waals surface area (Å²) in [6.45, 7) is 7.62. The number of amides is 1. The molecule has 1 atom stereocenters. The fourth-order valence-electron chi connectivity index (χ4n) is 4.83. The van der Waals surface area contributed by atoms with Crippen LogP contribution in [0, 0.1) is 5.41 Å². The third-order valence-electron chi connectivity index (χ3n) is 7.20. The van der Waals surface area contributed by atoms with E-state index in [0.717, 1.165) is 18.5 Å². The Labute approximate surface area is 180 Å². The van der Waals surface area contributed by atoms with Crippen LogP contribution >= 0.6 is 0 Å². The maximum atomic E-state index is 13.3. The topological polar surface area (TPSA) is 70.2 Å². The number of carbonyl (C=O) groups is 1. The van der Waals surface area contributed by atoms with Gasteiger partial charge in [0, 0.05) is 38.4 Å². The second-order valence-corrected chi connectivity index (χ2v) is 10.7. The van der Waals surface area contributed by atoms with E-state index in [1.54, 1.807) is 4.31 Å². The molecule has 30 heavy (non-hydrogen) atoms. The van der Waals surface area contributed by atoms with E-state index in [1.807, 2.05) is 4.90 Å². The Morgan fingerprint density at radius 3 is 2.13 bits per heavy atom. The summed E-state index contributed by atoms with van der Waals surface area (Å²) in [6, 6.07) is 8.35. The molecule has 3 heterocycles. The monoisotopic (exact) mass is 435 g/mol. The van der Waals surface area contributed by atoms with Crippen molar-refractivity contribution in [3.63, 3.8) is 0 Å². The van der Waals surface area contributed by atoms with E-state index in [9.17, 15) is 13.2 Å². The number of rotatable bonds is 5. The first-order valence-electron chi connectivity index (χ1n) is 11.1. The zero-order chi connectivity index (χ0) is 21.4. The number of carbonyl (C=O) groups excluding carboxylic acids is 1. The van der Waals surface area contributed by atoms with E-state index < -0.39 is 15.6 Å². The van der Waals surface area contributed by atoms with Crippen molar-refractivity contribution in [3.8, 4) is 0 Å². The molecule has 1 aromatic rings. The van der Waals surface area contributed by atoms with E-state index in [2.05, 4.69) is 38.1 Å². The molecule has 1 spiro atoms. The lowest BCUT2D eigenvalue weighted by Gasteiger charge is -2.39. The van der Waals surface area contributed by atoms with Gasteiger partial charge in [0.15, 0.2) is 0 Å². The summed E-state index contributed by atoms with van der Waals surface area (Å²) in [7, 11) is -3.47. The number of morpholine rings is 1. The van der Waals surface area contributed by atoms with Crippen LogP contribution in [0.3, 0.4) is 0 Å². The van der Waals surface area contributed by atoms with E-state index >= 15 is 0 Å². The second kappa shape index (κ2) is 8.57. The molecule has 0 radical (unpaired) electrons. The molecule has 1 aromatic carbocycles. The van der Waals surface area contributed by atoms with Gasteiger partial charge in [0.2, 0.25) is 5.91 Å². The molecular formula is C22H33N3O4S. The summed E-state index contributed by atoms with van der Waals surface area (Å²) in [5, 5.41) is 0. The van der Waals surface area contributed by atoms with Crippen molar-refractivity contribution in [2.24, 2.45) is 5.41 Å². The molecule has 7 nitrogen and oxygen atoms in total. The lowest BCUT2D eigenvalue weighted by molar-refractivity contribution is -0.127. The van der Waals surface area contributed by atoms with E-state index in [1.165, 1.54) is 9.87 Å². The number of hydrogen-bond donors (Lipinski definition) is 0. The lowest BCUT2D eigenvalue weighted by atomic mass is 9.77. The first kappa shape index (κ1) is 21.7. The van der Waals surface area contributed by atoms with Gasteiger partial charge in [-0.2, -0.15) is 17.0 Å². The Morgan fingerprint density at radius 1 is 0.967 bits per heavy atom. The van der Waals surface area contributed by atoms with Crippen LogP contribution in [0.25, 0.3) is 0 Å². The smallest absolute Gasteiger partial charge is 0.282 e. The molecule has 1 amide bonds. The normalized spacial score (nSPS) is 24.5. The van der Waals surface area contributed by atoms with E-state index in [4.69, 9.17) is 4.74 Å². The number of hydrogen-bond acceptors (Lipinski definition) is 4. The number of nitrogens with zero attached hydrogens (tertiary/aromatic N) is 3. The highest BCUT2D eigenvalue weighted by Gasteiger charge is 2.50. The van der Waals surface area contributed by atoms with Gasteiger partial charge < -0.3 is 9.64 Å². The standard InChI is InChI=1S/C22H33N3O4S/c1-3-18(2)19-4-6-20(7-5-19)25-13-10-22(21(25)26)8-11-23(12-9-22)30(27,28)24-14-16-29-17-15-24/h4-7,18H,3,8-17H2,1-2H3. The molecule has 0 saturated carbocycles. The van der Waals surface area contributed by atoms with Gasteiger partial charge in [-0.15, -0.1) is 0 Å². The number of piperidine rings is 1. The predicted molar refractivity (Wildman–Crippen MR) is 117 cm³/mol. The first-order valence-corrected chi connectivity index (χ1v) is 12.5. The molecule has 4 rings (SSSR count). The van der Waals surface area contributed by atoms with Crippen LogP contribution < -0.4 is 4.90 Å². The maximum absolute atomic E-state index is 13.3. The molecule has 3 fully saturated rings. The van der Waals surface area contributed by atoms with Crippen molar-refractivity contribution in [1.82, 2.24) is 8.61 Å². The predicted octanol–water partition coefficient (Wildman–Crippen LogP) is 2.60. The Kier molecular flexibility index (Phi) is 6.21. The summed E-state index contributed by atoms with van der Waals surface area (Å²) < 4.78 is 34.2. The van der Waals surface area contributed by atoms with Gasteiger partial charge in [-0.3, -0.25) is 4.79 Å². The lowest BCUT2D eigenvalue weighted by Crippen LogP contribution is -2.53. The quantitative estimate of drug-likeness (QED) is 0.713. The Bertz CT molecular complexity index is 857. The summed E-state index contributed by atoms with van der Waals surface area (Å²) in [6.07, 6.45) is 3.08. The van der Waals surface area contributed by atoms with Gasteiger partial charge in [-0.05, 0) is 49.3 Å². The van der Waals surface area contributed by atoms with Crippen LogP contribution in [0.5, 0.6) is 0 Å². The van der Waals surface area contributed by atoms with E-state index in [0.29, 0.717) is 64.7 Å². The first-order chi connectivity index (χ1) is 14.4. The van der Waals surface area contributed by atoms with Crippen molar-refractivity contribution < 1.29 is 17.9 Å².